The Balaban J connectivity index is 2.11. The van der Waals surface area contributed by atoms with Gasteiger partial charge in [0, 0.05) is 30.6 Å². The Morgan fingerprint density at radius 2 is 1.77 bits per heavy atom. The van der Waals surface area contributed by atoms with Crippen LogP contribution in [0.3, 0.4) is 0 Å². The zero-order chi connectivity index (χ0) is 25.8. The van der Waals surface area contributed by atoms with Gasteiger partial charge >= 0.3 is 0 Å². The number of aromatic amines is 1. The average molecular weight is 498 g/mol. The van der Waals surface area contributed by atoms with E-state index in [2.05, 4.69) is 15.5 Å². The number of benzene rings is 1. The molecule has 35 heavy (non-hydrogen) atoms. The summed E-state index contributed by atoms with van der Waals surface area (Å²) < 4.78 is 24.8. The molecule has 0 saturated carbocycles. The summed E-state index contributed by atoms with van der Waals surface area (Å²) in [6, 6.07) is 7.76. The normalized spacial score (nSPS) is 14.1. The van der Waals surface area contributed by atoms with Crippen LogP contribution in [-0.2, 0) is 22.4 Å². The Labute approximate surface area is 204 Å². The molecule has 6 N–H and O–H groups in total. The van der Waals surface area contributed by atoms with Crippen LogP contribution in [0.2, 0.25) is 0 Å². The minimum absolute atomic E-state index is 0.0925. The van der Waals surface area contributed by atoms with Gasteiger partial charge in [0.2, 0.25) is 18.1 Å². The van der Waals surface area contributed by atoms with E-state index in [1.54, 1.807) is 0 Å². The van der Waals surface area contributed by atoms with E-state index in [0.29, 0.717) is 19.3 Å². The van der Waals surface area contributed by atoms with Crippen LogP contribution in [0.25, 0.3) is 0 Å². The van der Waals surface area contributed by atoms with Crippen LogP contribution in [0.1, 0.15) is 48.6 Å². The lowest BCUT2D eigenvalue weighted by Crippen LogP contribution is -2.39. The van der Waals surface area contributed by atoms with E-state index in [1.165, 1.54) is 0 Å². The molecule has 0 saturated heterocycles. The van der Waals surface area contributed by atoms with Crippen molar-refractivity contribution in [3.05, 3.63) is 46.6 Å². The highest BCUT2D eigenvalue weighted by molar-refractivity contribution is 5.76. The Bertz CT molecular complexity index is 892. The number of aliphatic hydroxyl groups is 4. The van der Waals surface area contributed by atoms with E-state index in [4.69, 9.17) is 19.7 Å². The Morgan fingerprint density at radius 3 is 2.34 bits per heavy atom. The number of amides is 1. The number of aryl methyl sites for hydroxylation is 1. The molecule has 1 aromatic heterocycles. The lowest BCUT2D eigenvalue weighted by Gasteiger charge is -2.24. The van der Waals surface area contributed by atoms with Gasteiger partial charge in [0.1, 0.15) is 12.7 Å². The molecule has 3 unspecified atom stereocenters. The predicted octanol–water partition coefficient (Wildman–Crippen LogP) is 0.570. The highest BCUT2D eigenvalue weighted by Crippen LogP contribution is 2.29. The predicted molar refractivity (Wildman–Crippen MR) is 126 cm³/mol. The lowest BCUT2D eigenvalue weighted by molar-refractivity contribution is -0.172. The van der Waals surface area contributed by atoms with Crippen LogP contribution >= 0.6 is 0 Å². The maximum absolute atomic E-state index is 13.8. The second-order valence-electron chi connectivity index (χ2n) is 8.43. The molecule has 0 aliphatic rings. The topological polar surface area (TPSA) is 157 Å². The summed E-state index contributed by atoms with van der Waals surface area (Å²) in [4.78, 5) is 11.7. The fourth-order valence-electron chi connectivity index (χ4n) is 3.46. The first-order valence-corrected chi connectivity index (χ1v) is 11.6. The number of aliphatic hydroxyl groups excluding tert-OH is 4. The van der Waals surface area contributed by atoms with Gasteiger partial charge < -0.3 is 35.2 Å². The summed E-state index contributed by atoms with van der Waals surface area (Å²) >= 11 is 0. The summed E-state index contributed by atoms with van der Waals surface area (Å²) in [5.41, 5.74) is 3.54. The molecule has 196 valence electrons. The van der Waals surface area contributed by atoms with E-state index in [1.807, 2.05) is 38.1 Å². The summed E-state index contributed by atoms with van der Waals surface area (Å²) in [7, 11) is 0. The molecule has 1 amide bonds. The highest BCUT2D eigenvalue weighted by atomic mass is 19.1. The molecule has 3 atom stereocenters. The number of ether oxygens (including phenoxy) is 2. The van der Waals surface area contributed by atoms with Crippen molar-refractivity contribution < 1.29 is 39.1 Å². The Hall–Kier alpha value is -2.57. The number of aromatic nitrogens is 2. The minimum atomic E-state index is -1.83. The fourth-order valence-corrected chi connectivity index (χ4v) is 3.46. The first-order chi connectivity index (χ1) is 16.8. The zero-order valence-corrected chi connectivity index (χ0v) is 20.1. The number of hydrogen-bond donors (Lipinski definition) is 6. The van der Waals surface area contributed by atoms with Gasteiger partial charge in [-0.25, -0.2) is 4.39 Å². The van der Waals surface area contributed by atoms with Gasteiger partial charge in [-0.3, -0.25) is 9.89 Å². The minimum Gasteiger partial charge on any atom is -0.444 e. The van der Waals surface area contributed by atoms with Crippen molar-refractivity contribution in [2.24, 2.45) is 0 Å². The summed E-state index contributed by atoms with van der Waals surface area (Å²) in [6.07, 6.45) is -3.13. The van der Waals surface area contributed by atoms with Crippen LogP contribution in [-0.4, -0.2) is 88.1 Å². The third-order valence-corrected chi connectivity index (χ3v) is 5.39. The molecule has 11 heteroatoms. The van der Waals surface area contributed by atoms with Crippen molar-refractivity contribution in [3.8, 4) is 5.88 Å². The second-order valence-corrected chi connectivity index (χ2v) is 8.43. The fraction of sp³-hybridized carbons (Fsp3) is 0.583. The third-order valence-electron chi connectivity index (χ3n) is 5.39. The van der Waals surface area contributed by atoms with Crippen molar-refractivity contribution in [1.82, 2.24) is 15.5 Å². The van der Waals surface area contributed by atoms with E-state index >= 15 is 0 Å². The number of nitrogens with one attached hydrogen (secondary N) is 2. The molecule has 0 radical (unpaired) electrons. The number of rotatable bonds is 16. The van der Waals surface area contributed by atoms with Crippen molar-refractivity contribution in [1.29, 1.82) is 0 Å². The first kappa shape index (κ1) is 28.7. The van der Waals surface area contributed by atoms with Crippen molar-refractivity contribution in [3.63, 3.8) is 0 Å². The molecule has 0 aliphatic heterocycles. The van der Waals surface area contributed by atoms with Gasteiger partial charge in [-0.15, -0.1) is 5.10 Å². The largest absolute Gasteiger partial charge is 0.444 e. The molecule has 0 bridgehead atoms. The van der Waals surface area contributed by atoms with Gasteiger partial charge in [0.05, 0.1) is 19.8 Å². The molecular weight excluding hydrogens is 461 g/mol. The highest BCUT2D eigenvalue weighted by Gasteiger charge is 2.27. The Morgan fingerprint density at radius 1 is 1.09 bits per heavy atom. The number of nitrogens with zero attached hydrogens (tertiary/aromatic N) is 1. The molecule has 1 heterocycles. The standard InChI is InChI=1S/C24H36FN3O7/c1-15(2)23-18(11-17-5-3-16(4-6-17)7-8-21(33)26-9-10-29)24(28-27-23)35-22(14-32)34-20(13-31)19(25)12-30/h3-6,15,19-20,22,29-32H,7-14H2,1-2H3,(H,26,33)(H,27,28). The molecule has 0 spiro atoms. The molecule has 2 rings (SSSR count). The van der Waals surface area contributed by atoms with Crippen LogP contribution in [0.15, 0.2) is 24.3 Å². The molecule has 10 nitrogen and oxygen atoms in total. The van der Waals surface area contributed by atoms with Crippen molar-refractivity contribution in [2.45, 2.75) is 57.6 Å². The van der Waals surface area contributed by atoms with Crippen LogP contribution in [0.4, 0.5) is 4.39 Å². The first-order valence-electron chi connectivity index (χ1n) is 11.6. The Kier molecular flexibility index (Phi) is 12.1. The SMILES string of the molecule is CC(C)c1[nH]nc(OC(CO)OC(CO)C(F)CO)c1Cc1ccc(CCC(=O)NCCO)cc1. The smallest absolute Gasteiger partial charge is 0.238 e. The van der Waals surface area contributed by atoms with Crippen LogP contribution in [0, 0.1) is 0 Å². The molecule has 0 aliphatic carbocycles. The van der Waals surface area contributed by atoms with Crippen molar-refractivity contribution >= 4 is 5.91 Å². The van der Waals surface area contributed by atoms with E-state index in [-0.39, 0.29) is 30.9 Å². The maximum Gasteiger partial charge on any atom is 0.238 e. The van der Waals surface area contributed by atoms with E-state index in [0.717, 1.165) is 22.4 Å². The number of carbonyl (C=O) groups excluding carboxylic acids is 1. The summed E-state index contributed by atoms with van der Waals surface area (Å²) in [5, 5.41) is 46.5. The quantitative estimate of drug-likeness (QED) is 0.184. The third kappa shape index (κ3) is 8.86. The van der Waals surface area contributed by atoms with Gasteiger partial charge in [-0.1, -0.05) is 38.1 Å². The summed E-state index contributed by atoms with van der Waals surface area (Å²) in [5.74, 6) is 0.162. The van der Waals surface area contributed by atoms with Gasteiger partial charge in [-0.2, -0.15) is 0 Å². The lowest BCUT2D eigenvalue weighted by atomic mass is 9.98. The molecule has 1 aromatic carbocycles. The second kappa shape index (κ2) is 14.7. The number of alkyl halides is 1. The van der Waals surface area contributed by atoms with Crippen molar-refractivity contribution in [2.75, 3.05) is 33.0 Å². The molecule has 0 fully saturated rings. The van der Waals surface area contributed by atoms with Gasteiger partial charge in [-0.05, 0) is 23.5 Å². The zero-order valence-electron chi connectivity index (χ0n) is 20.1. The number of hydrogen-bond acceptors (Lipinski definition) is 8. The van der Waals surface area contributed by atoms with E-state index < -0.39 is 38.4 Å². The maximum atomic E-state index is 13.8. The van der Waals surface area contributed by atoms with Crippen LogP contribution < -0.4 is 10.1 Å². The van der Waals surface area contributed by atoms with E-state index in [9.17, 15) is 19.4 Å². The van der Waals surface area contributed by atoms with Gasteiger partial charge in [0.15, 0.2) is 6.17 Å². The molecule has 2 aromatic rings. The average Bonchev–Trinajstić information content (AvgIpc) is 3.26. The number of halogens is 1. The monoisotopic (exact) mass is 497 g/mol. The number of H-pyrrole nitrogens is 1. The van der Waals surface area contributed by atoms with Crippen LogP contribution in [0.5, 0.6) is 5.88 Å². The summed E-state index contributed by atoms with van der Waals surface area (Å²) in [6.45, 7) is 1.98. The molecular formula is C24H36FN3O7. The number of carbonyl (C=O) groups is 1. The van der Waals surface area contributed by atoms with Gasteiger partial charge in [0.25, 0.3) is 0 Å².